The number of nitrogen functional groups attached to an aromatic ring is 1. The third kappa shape index (κ3) is 3.87. The number of nitrogens with zero attached hydrogens (tertiary/aromatic N) is 1. The summed E-state index contributed by atoms with van der Waals surface area (Å²) in [7, 11) is 0. The maximum atomic E-state index is 5.92. The van der Waals surface area contributed by atoms with Gasteiger partial charge in [0.1, 0.15) is 10.8 Å². The van der Waals surface area contributed by atoms with Crippen molar-refractivity contribution in [3.05, 3.63) is 34.3 Å². The molecule has 0 saturated carbocycles. The number of aryl methyl sites for hydroxylation is 1. The maximum absolute atomic E-state index is 5.92. The van der Waals surface area contributed by atoms with Gasteiger partial charge in [-0.25, -0.2) is 4.98 Å². The molecule has 0 saturated heterocycles. The van der Waals surface area contributed by atoms with Crippen molar-refractivity contribution in [1.29, 1.82) is 0 Å². The summed E-state index contributed by atoms with van der Waals surface area (Å²) in [5.41, 5.74) is 7.55. The summed E-state index contributed by atoms with van der Waals surface area (Å²) in [5, 5.41) is 4.48. The van der Waals surface area contributed by atoms with Gasteiger partial charge in [-0.1, -0.05) is 0 Å². The zero-order chi connectivity index (χ0) is 14.7. The van der Waals surface area contributed by atoms with Crippen LogP contribution in [-0.4, -0.2) is 11.1 Å². The molecule has 0 aliphatic carbocycles. The van der Waals surface area contributed by atoms with E-state index in [1.165, 1.54) is 4.88 Å². The van der Waals surface area contributed by atoms with Crippen molar-refractivity contribution in [3.63, 3.8) is 0 Å². The lowest BCUT2D eigenvalue weighted by atomic mass is 10.2. The summed E-state index contributed by atoms with van der Waals surface area (Å²) in [6.45, 7) is 8.14. The van der Waals surface area contributed by atoms with Gasteiger partial charge in [-0.2, -0.15) is 0 Å². The molecule has 20 heavy (non-hydrogen) atoms. The number of nitrogens with one attached hydrogen (secondary N) is 1. The fourth-order valence-corrected chi connectivity index (χ4v) is 2.71. The number of anilines is 2. The van der Waals surface area contributed by atoms with Crippen LogP contribution in [0, 0.1) is 6.92 Å². The monoisotopic (exact) mass is 291 g/mol. The SMILES string of the molecule is Cc1cnc(C(C)Nc2cc(N)cc(OC(C)C)c2)s1. The van der Waals surface area contributed by atoms with Gasteiger partial charge >= 0.3 is 0 Å². The first-order valence-electron chi connectivity index (χ1n) is 6.70. The van der Waals surface area contributed by atoms with E-state index >= 15 is 0 Å². The lowest BCUT2D eigenvalue weighted by molar-refractivity contribution is 0.242. The van der Waals surface area contributed by atoms with Gasteiger partial charge in [0.05, 0.1) is 12.1 Å². The van der Waals surface area contributed by atoms with Gasteiger partial charge in [0.2, 0.25) is 0 Å². The molecular formula is C15H21N3OS. The Morgan fingerprint density at radius 1 is 1.25 bits per heavy atom. The molecule has 2 aromatic rings. The first-order valence-corrected chi connectivity index (χ1v) is 7.52. The Bertz CT molecular complexity index is 580. The topological polar surface area (TPSA) is 60.2 Å². The quantitative estimate of drug-likeness (QED) is 0.818. The van der Waals surface area contributed by atoms with E-state index in [9.17, 15) is 0 Å². The predicted octanol–water partition coefficient (Wildman–Crippen LogP) is 3.99. The molecule has 0 bridgehead atoms. The van der Waals surface area contributed by atoms with Gasteiger partial charge in [0.25, 0.3) is 0 Å². The average molecular weight is 291 g/mol. The summed E-state index contributed by atoms with van der Waals surface area (Å²) >= 11 is 1.70. The number of nitrogens with two attached hydrogens (primary N) is 1. The molecule has 2 rings (SSSR count). The number of hydrogen-bond donors (Lipinski definition) is 2. The molecule has 108 valence electrons. The molecule has 3 N–H and O–H groups in total. The van der Waals surface area contributed by atoms with Crippen LogP contribution in [0.15, 0.2) is 24.4 Å². The Kier molecular flexibility index (Phi) is 4.49. The van der Waals surface area contributed by atoms with E-state index in [0.717, 1.165) is 16.4 Å². The normalized spacial score (nSPS) is 12.4. The van der Waals surface area contributed by atoms with Crippen LogP contribution >= 0.6 is 11.3 Å². The lowest BCUT2D eigenvalue weighted by Gasteiger charge is -2.16. The molecule has 0 spiro atoms. The van der Waals surface area contributed by atoms with Gasteiger partial charge in [-0.15, -0.1) is 11.3 Å². The molecule has 1 heterocycles. The van der Waals surface area contributed by atoms with Crippen molar-refractivity contribution in [2.75, 3.05) is 11.1 Å². The molecule has 0 fully saturated rings. The number of ether oxygens (including phenoxy) is 1. The van der Waals surface area contributed by atoms with Crippen LogP contribution in [0.25, 0.3) is 0 Å². The second-order valence-corrected chi connectivity index (χ2v) is 6.40. The van der Waals surface area contributed by atoms with Crippen LogP contribution in [0.2, 0.25) is 0 Å². The summed E-state index contributed by atoms with van der Waals surface area (Å²) < 4.78 is 5.69. The zero-order valence-electron chi connectivity index (χ0n) is 12.3. The molecular weight excluding hydrogens is 270 g/mol. The average Bonchev–Trinajstić information content (AvgIpc) is 2.74. The minimum Gasteiger partial charge on any atom is -0.491 e. The number of aromatic nitrogens is 1. The zero-order valence-corrected chi connectivity index (χ0v) is 13.1. The minimum absolute atomic E-state index is 0.128. The molecule has 0 radical (unpaired) electrons. The maximum Gasteiger partial charge on any atom is 0.123 e. The summed E-state index contributed by atoms with van der Waals surface area (Å²) in [6, 6.07) is 5.85. The van der Waals surface area contributed by atoms with Crippen LogP contribution < -0.4 is 15.8 Å². The fraction of sp³-hybridized carbons (Fsp3) is 0.400. The Labute approximate surface area is 124 Å². The van der Waals surface area contributed by atoms with E-state index in [1.807, 2.05) is 38.2 Å². The van der Waals surface area contributed by atoms with Crippen LogP contribution in [0.5, 0.6) is 5.75 Å². The van der Waals surface area contributed by atoms with Gasteiger partial charge in [-0.05, 0) is 33.8 Å². The number of benzene rings is 1. The molecule has 4 nitrogen and oxygen atoms in total. The molecule has 0 amide bonds. The first-order chi connectivity index (χ1) is 9.44. The van der Waals surface area contributed by atoms with Gasteiger partial charge in [0.15, 0.2) is 0 Å². The molecule has 0 aliphatic heterocycles. The largest absolute Gasteiger partial charge is 0.491 e. The summed E-state index contributed by atoms with van der Waals surface area (Å²) in [4.78, 5) is 5.61. The molecule has 5 heteroatoms. The Hall–Kier alpha value is -1.75. The van der Waals surface area contributed by atoms with E-state index in [4.69, 9.17) is 10.5 Å². The summed E-state index contributed by atoms with van der Waals surface area (Å²) in [6.07, 6.45) is 2.02. The third-order valence-electron chi connectivity index (χ3n) is 2.69. The fourth-order valence-electron chi connectivity index (χ4n) is 1.93. The Morgan fingerprint density at radius 3 is 2.60 bits per heavy atom. The van der Waals surface area contributed by atoms with Crippen LogP contribution in [0.3, 0.4) is 0 Å². The molecule has 1 unspecified atom stereocenters. The second kappa shape index (κ2) is 6.13. The number of thiazole rings is 1. The first kappa shape index (κ1) is 14.7. The lowest BCUT2D eigenvalue weighted by Crippen LogP contribution is -2.09. The smallest absolute Gasteiger partial charge is 0.123 e. The van der Waals surface area contributed by atoms with Gasteiger partial charge in [0, 0.05) is 34.6 Å². The molecule has 1 atom stereocenters. The highest BCUT2D eigenvalue weighted by atomic mass is 32.1. The van der Waals surface area contributed by atoms with Gasteiger partial charge in [-0.3, -0.25) is 0 Å². The predicted molar refractivity (Wildman–Crippen MR) is 85.5 cm³/mol. The highest BCUT2D eigenvalue weighted by Crippen LogP contribution is 2.28. The van der Waals surface area contributed by atoms with Gasteiger partial charge < -0.3 is 15.8 Å². The highest BCUT2D eigenvalue weighted by Gasteiger charge is 2.10. The van der Waals surface area contributed by atoms with Crippen molar-refractivity contribution < 1.29 is 4.74 Å². The molecule has 1 aromatic heterocycles. The van der Waals surface area contributed by atoms with Crippen molar-refractivity contribution in [1.82, 2.24) is 4.98 Å². The van der Waals surface area contributed by atoms with Crippen LogP contribution in [0.4, 0.5) is 11.4 Å². The minimum atomic E-state index is 0.128. The summed E-state index contributed by atoms with van der Waals surface area (Å²) in [5.74, 6) is 0.782. The van der Waals surface area contributed by atoms with Crippen molar-refractivity contribution >= 4 is 22.7 Å². The number of hydrogen-bond acceptors (Lipinski definition) is 5. The van der Waals surface area contributed by atoms with Crippen molar-refractivity contribution in [3.8, 4) is 5.75 Å². The second-order valence-electron chi connectivity index (χ2n) is 5.13. The van der Waals surface area contributed by atoms with E-state index in [0.29, 0.717) is 5.69 Å². The Morgan fingerprint density at radius 2 is 2.00 bits per heavy atom. The van der Waals surface area contributed by atoms with E-state index in [2.05, 4.69) is 24.1 Å². The molecule has 1 aromatic carbocycles. The van der Waals surface area contributed by atoms with E-state index in [1.54, 1.807) is 11.3 Å². The molecule has 0 aliphatic rings. The van der Waals surface area contributed by atoms with Crippen molar-refractivity contribution in [2.24, 2.45) is 0 Å². The van der Waals surface area contributed by atoms with Crippen molar-refractivity contribution in [2.45, 2.75) is 39.8 Å². The third-order valence-corrected chi connectivity index (χ3v) is 3.79. The number of rotatable bonds is 5. The van der Waals surface area contributed by atoms with Crippen LogP contribution in [0.1, 0.15) is 36.7 Å². The standard InChI is InChI=1S/C15H21N3OS/c1-9(2)19-14-6-12(16)5-13(7-14)18-11(4)15-17-8-10(3)20-15/h5-9,11,18H,16H2,1-4H3. The Balaban J connectivity index is 2.14. The highest BCUT2D eigenvalue weighted by molar-refractivity contribution is 7.11. The van der Waals surface area contributed by atoms with E-state index in [-0.39, 0.29) is 12.1 Å². The van der Waals surface area contributed by atoms with E-state index < -0.39 is 0 Å². The van der Waals surface area contributed by atoms with Crippen LogP contribution in [-0.2, 0) is 0 Å².